The van der Waals surface area contributed by atoms with Crippen LogP contribution in [0, 0.1) is 17.7 Å². The van der Waals surface area contributed by atoms with Crippen molar-refractivity contribution in [1.82, 2.24) is 4.90 Å². The van der Waals surface area contributed by atoms with Crippen molar-refractivity contribution in [2.75, 3.05) is 56.8 Å². The average Bonchev–Trinajstić information content (AvgIpc) is 3.33. The van der Waals surface area contributed by atoms with Crippen molar-refractivity contribution in [3.05, 3.63) is 46.6 Å². The SMILES string of the molecule is COc1cc(S(C)(=O)=O)c(F)cc1NCC#Cc1sc2c(NC3CCC(N4CCOCC4)CC3)cccc2c1CC(F)F. The molecule has 0 radical (unpaired) electrons. The summed E-state index contributed by atoms with van der Waals surface area (Å²) in [6.07, 6.45) is 2.31. The van der Waals surface area contributed by atoms with Gasteiger partial charge in [-0.05, 0) is 42.7 Å². The normalized spacial score (nSPS) is 19.7. The Morgan fingerprint density at radius 1 is 1.14 bits per heavy atom. The maximum Gasteiger partial charge on any atom is 0.242 e. The summed E-state index contributed by atoms with van der Waals surface area (Å²) >= 11 is 1.39. The Hall–Kier alpha value is -2.98. The Labute approximate surface area is 254 Å². The summed E-state index contributed by atoms with van der Waals surface area (Å²) in [6.45, 7) is 3.64. The van der Waals surface area contributed by atoms with Gasteiger partial charge in [0.05, 0.1) is 47.8 Å². The van der Waals surface area contributed by atoms with E-state index in [2.05, 4.69) is 27.4 Å². The van der Waals surface area contributed by atoms with Gasteiger partial charge in [-0.3, -0.25) is 4.90 Å². The van der Waals surface area contributed by atoms with Gasteiger partial charge >= 0.3 is 0 Å². The number of nitrogens with zero attached hydrogens (tertiary/aromatic N) is 1. The molecule has 2 heterocycles. The molecule has 1 aromatic heterocycles. The van der Waals surface area contributed by atoms with E-state index in [9.17, 15) is 21.6 Å². The predicted octanol–water partition coefficient (Wildman–Crippen LogP) is 5.78. The van der Waals surface area contributed by atoms with Gasteiger partial charge in [-0.15, -0.1) is 11.3 Å². The predicted molar refractivity (Wildman–Crippen MR) is 165 cm³/mol. The quantitative estimate of drug-likeness (QED) is 0.289. The highest BCUT2D eigenvalue weighted by Gasteiger charge is 2.27. The molecule has 1 aliphatic heterocycles. The van der Waals surface area contributed by atoms with Crippen LogP contribution in [-0.4, -0.2) is 78.0 Å². The van der Waals surface area contributed by atoms with E-state index >= 15 is 0 Å². The molecule has 2 aromatic carbocycles. The molecule has 0 amide bonds. The molecule has 0 unspecified atom stereocenters. The summed E-state index contributed by atoms with van der Waals surface area (Å²) in [7, 11) is -2.42. The van der Waals surface area contributed by atoms with E-state index in [4.69, 9.17) is 9.47 Å². The fourth-order valence-corrected chi connectivity index (χ4v) is 7.80. The molecule has 5 rings (SSSR count). The molecule has 0 spiro atoms. The Morgan fingerprint density at radius 3 is 2.56 bits per heavy atom. The number of benzene rings is 2. The van der Waals surface area contributed by atoms with E-state index in [0.717, 1.165) is 86.1 Å². The highest BCUT2D eigenvalue weighted by atomic mass is 32.2. The van der Waals surface area contributed by atoms with E-state index in [1.165, 1.54) is 18.4 Å². The molecule has 2 aliphatic rings. The highest BCUT2D eigenvalue weighted by molar-refractivity contribution is 7.90. The lowest BCUT2D eigenvalue weighted by Crippen LogP contribution is -2.46. The summed E-state index contributed by atoms with van der Waals surface area (Å²) in [5.41, 5.74) is 1.69. The van der Waals surface area contributed by atoms with Gasteiger partial charge < -0.3 is 20.1 Å². The minimum absolute atomic E-state index is 0.0634. The van der Waals surface area contributed by atoms with Crippen LogP contribution in [0.4, 0.5) is 24.5 Å². The molecule has 2 N–H and O–H groups in total. The summed E-state index contributed by atoms with van der Waals surface area (Å²) in [5.74, 6) is 5.24. The third kappa shape index (κ3) is 7.58. The molecule has 1 aliphatic carbocycles. The van der Waals surface area contributed by atoms with Crippen LogP contribution in [0.3, 0.4) is 0 Å². The van der Waals surface area contributed by atoms with Crippen LogP contribution in [0.1, 0.15) is 36.1 Å². The van der Waals surface area contributed by atoms with Crippen LogP contribution in [0.15, 0.2) is 35.2 Å². The van der Waals surface area contributed by atoms with Gasteiger partial charge in [0.2, 0.25) is 6.43 Å². The van der Waals surface area contributed by atoms with Crippen molar-refractivity contribution in [1.29, 1.82) is 0 Å². The number of anilines is 2. The highest BCUT2D eigenvalue weighted by Crippen LogP contribution is 2.38. The van der Waals surface area contributed by atoms with Gasteiger partial charge in [0.1, 0.15) is 16.5 Å². The first kappa shape index (κ1) is 31.4. The van der Waals surface area contributed by atoms with Gasteiger partial charge in [0.15, 0.2) is 9.84 Å². The largest absolute Gasteiger partial charge is 0.495 e. The number of fused-ring (bicyclic) bond motifs is 1. The van der Waals surface area contributed by atoms with Crippen molar-refractivity contribution >= 4 is 42.6 Å². The van der Waals surface area contributed by atoms with Gasteiger partial charge in [-0.1, -0.05) is 24.0 Å². The molecule has 3 aromatic rings. The zero-order valence-electron chi connectivity index (χ0n) is 24.2. The molecular weight excluding hydrogens is 599 g/mol. The van der Waals surface area contributed by atoms with Crippen LogP contribution in [0.25, 0.3) is 10.1 Å². The molecule has 1 saturated carbocycles. The maximum absolute atomic E-state index is 14.4. The number of rotatable bonds is 9. The minimum atomic E-state index is -3.77. The van der Waals surface area contributed by atoms with Crippen LogP contribution < -0.4 is 15.4 Å². The molecule has 0 atom stereocenters. The molecule has 2 fully saturated rings. The monoisotopic (exact) mass is 635 g/mol. The van der Waals surface area contributed by atoms with Gasteiger partial charge in [0.25, 0.3) is 0 Å². The second-order valence-corrected chi connectivity index (χ2v) is 13.9. The van der Waals surface area contributed by atoms with Crippen LogP contribution >= 0.6 is 11.3 Å². The van der Waals surface area contributed by atoms with Crippen molar-refractivity contribution in [3.63, 3.8) is 0 Å². The lowest BCUT2D eigenvalue weighted by molar-refractivity contribution is 0.00791. The number of sulfone groups is 1. The van der Waals surface area contributed by atoms with E-state index in [0.29, 0.717) is 22.5 Å². The van der Waals surface area contributed by atoms with Gasteiger partial charge in [0, 0.05) is 50.0 Å². The summed E-state index contributed by atoms with van der Waals surface area (Å²) in [6, 6.07) is 8.82. The summed E-state index contributed by atoms with van der Waals surface area (Å²) in [5, 5.41) is 7.40. The first-order valence-electron chi connectivity index (χ1n) is 14.3. The van der Waals surface area contributed by atoms with Crippen LogP contribution in [0.5, 0.6) is 5.75 Å². The van der Waals surface area contributed by atoms with Crippen molar-refractivity contribution in [3.8, 4) is 17.6 Å². The Balaban J connectivity index is 1.32. The fourth-order valence-electron chi connectivity index (χ4n) is 5.88. The number of thiophene rings is 1. The standard InChI is InChI=1S/C31H36F3N3O4S2/c1-40-27-19-29(43(2,38)39)24(32)18-26(27)35-12-4-7-28-23(17-30(33)34)22-5-3-6-25(31(22)42-28)36-20-8-10-21(11-9-20)37-13-15-41-16-14-37/h3,5-6,18-21,30,35-36H,8-17H2,1-2H3. The maximum atomic E-state index is 14.4. The summed E-state index contributed by atoms with van der Waals surface area (Å²) in [4.78, 5) is 2.64. The summed E-state index contributed by atoms with van der Waals surface area (Å²) < 4.78 is 77.0. The number of morpholine rings is 1. The zero-order chi connectivity index (χ0) is 30.6. The number of halogens is 3. The molecule has 7 nitrogen and oxygen atoms in total. The third-order valence-electron chi connectivity index (χ3n) is 8.02. The Bertz CT molecular complexity index is 1600. The zero-order valence-corrected chi connectivity index (χ0v) is 25.9. The average molecular weight is 636 g/mol. The molecule has 232 valence electrons. The molecule has 43 heavy (non-hydrogen) atoms. The number of ether oxygens (including phenoxy) is 2. The lowest BCUT2D eigenvalue weighted by atomic mass is 9.89. The number of alkyl halides is 2. The minimum Gasteiger partial charge on any atom is -0.495 e. The molecule has 1 saturated heterocycles. The third-order valence-corrected chi connectivity index (χ3v) is 10.3. The van der Waals surface area contributed by atoms with E-state index in [-0.39, 0.29) is 18.0 Å². The van der Waals surface area contributed by atoms with Crippen molar-refractivity contribution < 1.29 is 31.1 Å². The van der Waals surface area contributed by atoms with Crippen molar-refractivity contribution in [2.24, 2.45) is 0 Å². The Kier molecular flexibility index (Phi) is 10.1. The number of hydrogen-bond acceptors (Lipinski definition) is 8. The van der Waals surface area contributed by atoms with Gasteiger partial charge in [-0.2, -0.15) is 0 Å². The topological polar surface area (TPSA) is 79.9 Å². The molecule has 12 heteroatoms. The number of hydrogen-bond donors (Lipinski definition) is 2. The second kappa shape index (κ2) is 13.8. The molecule has 0 bridgehead atoms. The number of nitrogens with one attached hydrogen (secondary N) is 2. The fraction of sp³-hybridized carbons (Fsp3) is 0.484. The lowest BCUT2D eigenvalue weighted by Gasteiger charge is -2.39. The smallest absolute Gasteiger partial charge is 0.242 e. The van der Waals surface area contributed by atoms with Crippen LogP contribution in [-0.2, 0) is 21.0 Å². The van der Waals surface area contributed by atoms with Crippen LogP contribution in [0.2, 0.25) is 0 Å². The number of methoxy groups -OCH3 is 1. The van der Waals surface area contributed by atoms with Crippen molar-refractivity contribution in [2.45, 2.75) is 55.5 Å². The van der Waals surface area contributed by atoms with Gasteiger partial charge in [-0.25, -0.2) is 21.6 Å². The molecular formula is C31H36F3N3O4S2. The van der Waals surface area contributed by atoms with E-state index < -0.39 is 33.4 Å². The first-order valence-corrected chi connectivity index (χ1v) is 17.1. The first-order chi connectivity index (χ1) is 20.6. The van der Waals surface area contributed by atoms with E-state index in [1.54, 1.807) is 0 Å². The van der Waals surface area contributed by atoms with E-state index in [1.807, 2.05) is 18.2 Å². The second-order valence-electron chi connectivity index (χ2n) is 10.9. The Morgan fingerprint density at radius 2 is 1.88 bits per heavy atom.